The smallest absolute Gasteiger partial charge is 0.0162 e. The summed E-state index contributed by atoms with van der Waals surface area (Å²) in [6.07, 6.45) is 19.8. The van der Waals surface area contributed by atoms with Gasteiger partial charge in [0.2, 0.25) is 0 Å². The molecule has 3 rings (SSSR count). The highest BCUT2D eigenvalue weighted by atomic mass is 31.1. The Morgan fingerprint density at radius 2 is 1.32 bits per heavy atom. The molecule has 0 saturated carbocycles. The zero-order valence-corrected chi connectivity index (χ0v) is 14.1. The molecule has 19 heavy (non-hydrogen) atoms. The summed E-state index contributed by atoms with van der Waals surface area (Å²) in [5.41, 5.74) is 1.92. The highest BCUT2D eigenvalue weighted by Crippen LogP contribution is 2.65. The van der Waals surface area contributed by atoms with Gasteiger partial charge in [-0.3, -0.25) is 0 Å². The molecule has 2 unspecified atom stereocenters. The maximum atomic E-state index is 2.52. The van der Waals surface area contributed by atoms with E-state index in [1.807, 2.05) is 0 Å². The van der Waals surface area contributed by atoms with Crippen molar-refractivity contribution in [2.75, 3.05) is 12.3 Å². The minimum absolute atomic E-state index is 0.142. The van der Waals surface area contributed by atoms with Crippen molar-refractivity contribution in [3.05, 3.63) is 34.9 Å². The van der Waals surface area contributed by atoms with Gasteiger partial charge in [0, 0.05) is 0 Å². The summed E-state index contributed by atoms with van der Waals surface area (Å²) in [5, 5.41) is 3.60. The first-order valence-electron chi connectivity index (χ1n) is 7.88. The first-order chi connectivity index (χ1) is 9.27. The fourth-order valence-corrected chi connectivity index (χ4v) is 10.1. The molecule has 104 valence electrons. The van der Waals surface area contributed by atoms with Crippen LogP contribution in [-0.2, 0) is 0 Å². The molecule has 0 radical (unpaired) electrons. The molecule has 2 saturated heterocycles. The highest BCUT2D eigenvalue weighted by molar-refractivity contribution is 7.67. The molecule has 1 aliphatic carbocycles. The van der Waals surface area contributed by atoms with Gasteiger partial charge in [0.15, 0.2) is 0 Å². The Bertz CT molecular complexity index is 381. The van der Waals surface area contributed by atoms with Crippen molar-refractivity contribution in [1.82, 2.24) is 0 Å². The van der Waals surface area contributed by atoms with Gasteiger partial charge < -0.3 is 0 Å². The van der Waals surface area contributed by atoms with Crippen LogP contribution < -0.4 is 0 Å². The summed E-state index contributed by atoms with van der Waals surface area (Å²) in [7, 11) is 0.284. The largest absolute Gasteiger partial charge is 0.0801 e. The highest BCUT2D eigenvalue weighted by Gasteiger charge is 2.32. The Balaban J connectivity index is 1.97. The van der Waals surface area contributed by atoms with Gasteiger partial charge >= 0.3 is 0 Å². The third-order valence-electron chi connectivity index (χ3n) is 4.81. The van der Waals surface area contributed by atoms with Crippen molar-refractivity contribution in [1.29, 1.82) is 0 Å². The number of rotatable bonds is 2. The zero-order chi connectivity index (χ0) is 13.2. The summed E-state index contributed by atoms with van der Waals surface area (Å²) >= 11 is 0. The second-order valence-electron chi connectivity index (χ2n) is 6.18. The fourth-order valence-electron chi connectivity index (χ4n) is 3.68. The van der Waals surface area contributed by atoms with Crippen molar-refractivity contribution < 1.29 is 0 Å². The minimum Gasteiger partial charge on any atom is -0.0801 e. The molecule has 0 spiro atoms. The lowest BCUT2D eigenvalue weighted by molar-refractivity contribution is 0.835. The van der Waals surface area contributed by atoms with E-state index in [1.165, 1.54) is 38.0 Å². The average molecular weight is 292 g/mol. The summed E-state index contributed by atoms with van der Waals surface area (Å²) in [4.78, 5) is 0. The molecule has 2 aliphatic heterocycles. The first-order valence-corrected chi connectivity index (χ1v) is 11.1. The predicted molar refractivity (Wildman–Crippen MR) is 90.9 cm³/mol. The molecule has 2 fully saturated rings. The second kappa shape index (κ2) is 6.24. The molecule has 0 aromatic carbocycles. The van der Waals surface area contributed by atoms with Gasteiger partial charge in [0.05, 0.1) is 0 Å². The van der Waals surface area contributed by atoms with E-state index in [0.717, 1.165) is 17.7 Å². The Morgan fingerprint density at radius 3 is 1.68 bits per heavy atom. The van der Waals surface area contributed by atoms with Crippen molar-refractivity contribution >= 4 is 15.8 Å². The van der Waals surface area contributed by atoms with Crippen LogP contribution >= 0.6 is 15.8 Å². The van der Waals surface area contributed by atoms with Crippen molar-refractivity contribution in [2.24, 2.45) is 0 Å². The average Bonchev–Trinajstić information content (AvgIpc) is 2.93. The number of hydrogen-bond donors (Lipinski definition) is 0. The van der Waals surface area contributed by atoms with E-state index < -0.39 is 0 Å². The second-order valence-corrected chi connectivity index (χ2v) is 11.7. The van der Waals surface area contributed by atoms with E-state index in [4.69, 9.17) is 0 Å². The Morgan fingerprint density at radius 1 is 0.842 bits per heavy atom. The van der Waals surface area contributed by atoms with Crippen LogP contribution in [0.2, 0.25) is 0 Å². The van der Waals surface area contributed by atoms with Crippen LogP contribution in [0, 0.1) is 0 Å². The monoisotopic (exact) mass is 292 g/mol. The van der Waals surface area contributed by atoms with Gasteiger partial charge in [-0.05, 0) is 66.4 Å². The van der Waals surface area contributed by atoms with Crippen LogP contribution in [0.25, 0.3) is 0 Å². The standard InChI is InChI=1S/C17H26P2/c1-14-8-6-12-18(14)16-10-4-3-5-11-17(16)19-13-7-9-15(19)2/h4-5,10-11,14-15H,3,6-9,12-13H2,1-2H3/t14-,15-,18?,19?/m0/s1. The van der Waals surface area contributed by atoms with Crippen LogP contribution in [0.3, 0.4) is 0 Å². The maximum absolute atomic E-state index is 2.52. The number of hydrogen-bond acceptors (Lipinski definition) is 0. The third-order valence-corrected chi connectivity index (χ3v) is 11.2. The van der Waals surface area contributed by atoms with Crippen LogP contribution in [0.1, 0.15) is 46.0 Å². The lowest BCUT2D eigenvalue weighted by Gasteiger charge is -2.26. The zero-order valence-electron chi connectivity index (χ0n) is 12.3. The van der Waals surface area contributed by atoms with Crippen LogP contribution in [0.15, 0.2) is 34.9 Å². The van der Waals surface area contributed by atoms with Gasteiger partial charge in [-0.25, -0.2) is 0 Å². The van der Waals surface area contributed by atoms with Gasteiger partial charge in [-0.15, -0.1) is 0 Å². The molecule has 0 bridgehead atoms. The van der Waals surface area contributed by atoms with Crippen LogP contribution in [0.4, 0.5) is 0 Å². The molecule has 0 N–H and O–H groups in total. The maximum Gasteiger partial charge on any atom is -0.0162 e. The quantitative estimate of drug-likeness (QED) is 0.544. The molecule has 0 nitrogen and oxygen atoms in total. The van der Waals surface area contributed by atoms with Gasteiger partial charge in [0.25, 0.3) is 0 Å². The molecule has 2 heteroatoms. The lowest BCUT2D eigenvalue weighted by Crippen LogP contribution is -1.98. The van der Waals surface area contributed by atoms with Crippen molar-refractivity contribution in [3.8, 4) is 0 Å². The summed E-state index contributed by atoms with van der Waals surface area (Å²) in [5.74, 6) is 0. The molecule has 0 aromatic rings. The first kappa shape index (κ1) is 14.0. The molecule has 3 aliphatic rings. The normalized spacial score (nSPS) is 39.1. The molecule has 0 amide bonds. The van der Waals surface area contributed by atoms with E-state index in [-0.39, 0.29) is 15.8 Å². The topological polar surface area (TPSA) is 0 Å². The van der Waals surface area contributed by atoms with E-state index in [0.29, 0.717) is 0 Å². The Kier molecular flexibility index (Phi) is 4.61. The van der Waals surface area contributed by atoms with Crippen molar-refractivity contribution in [2.45, 2.75) is 57.3 Å². The molecular formula is C17H26P2. The van der Waals surface area contributed by atoms with Gasteiger partial charge in [-0.1, -0.05) is 54.0 Å². The predicted octanol–water partition coefficient (Wildman–Crippen LogP) is 6.04. The summed E-state index contributed by atoms with van der Waals surface area (Å²) in [6.45, 7) is 4.99. The molecule has 0 aromatic heterocycles. The third kappa shape index (κ3) is 2.91. The minimum atomic E-state index is 0.142. The van der Waals surface area contributed by atoms with E-state index in [9.17, 15) is 0 Å². The number of allylic oxidation sites excluding steroid dienone is 6. The SMILES string of the molecule is C[C@H]1CCCP1C1=C(P2CCC[C@@H]2C)C=CCC=C1. The van der Waals surface area contributed by atoms with Crippen LogP contribution in [0.5, 0.6) is 0 Å². The fraction of sp³-hybridized carbons (Fsp3) is 0.647. The van der Waals surface area contributed by atoms with Gasteiger partial charge in [-0.2, -0.15) is 0 Å². The van der Waals surface area contributed by atoms with E-state index >= 15 is 0 Å². The van der Waals surface area contributed by atoms with Crippen LogP contribution in [-0.4, -0.2) is 23.6 Å². The molecule has 2 heterocycles. The Hall–Kier alpha value is 0.0800. The molecular weight excluding hydrogens is 266 g/mol. The molecule has 4 atom stereocenters. The summed E-state index contributed by atoms with van der Waals surface area (Å²) in [6, 6.07) is 0. The van der Waals surface area contributed by atoms with Gasteiger partial charge in [0.1, 0.15) is 0 Å². The van der Waals surface area contributed by atoms with E-state index in [2.05, 4.69) is 38.2 Å². The lowest BCUT2D eigenvalue weighted by atomic mass is 10.3. The van der Waals surface area contributed by atoms with E-state index in [1.54, 1.807) is 10.6 Å². The Labute approximate surface area is 120 Å². The van der Waals surface area contributed by atoms with Crippen molar-refractivity contribution in [3.63, 3.8) is 0 Å². The summed E-state index contributed by atoms with van der Waals surface area (Å²) < 4.78 is 0.